The van der Waals surface area contributed by atoms with Gasteiger partial charge in [0.2, 0.25) is 17.6 Å². The highest BCUT2D eigenvalue weighted by Crippen LogP contribution is 2.25. The molecule has 1 amide bonds. The molecule has 0 saturated carbocycles. The molecule has 176 valence electrons. The summed E-state index contributed by atoms with van der Waals surface area (Å²) in [6.07, 6.45) is 8.11. The number of amides is 1. The van der Waals surface area contributed by atoms with Gasteiger partial charge in [-0.15, -0.1) is 0 Å². The number of aryl methyl sites for hydroxylation is 1. The van der Waals surface area contributed by atoms with Gasteiger partial charge in [0, 0.05) is 37.0 Å². The number of nitrogens with one attached hydrogen (secondary N) is 1. The van der Waals surface area contributed by atoms with E-state index in [0.717, 1.165) is 44.5 Å². The molecule has 1 aliphatic heterocycles. The molecule has 3 heterocycles. The van der Waals surface area contributed by atoms with Crippen LogP contribution in [0.2, 0.25) is 0 Å². The lowest BCUT2D eigenvalue weighted by Crippen LogP contribution is -2.40. The van der Waals surface area contributed by atoms with Crippen molar-refractivity contribution in [3.05, 3.63) is 54.4 Å². The zero-order valence-corrected chi connectivity index (χ0v) is 19.8. The highest BCUT2D eigenvalue weighted by atomic mass is 16.5. The third-order valence-electron chi connectivity index (χ3n) is 6.25. The zero-order chi connectivity index (χ0) is 23.3. The van der Waals surface area contributed by atoms with Gasteiger partial charge < -0.3 is 14.4 Å². The molecule has 0 bridgehead atoms. The molecule has 1 saturated heterocycles. The van der Waals surface area contributed by atoms with Gasteiger partial charge in [0.1, 0.15) is 0 Å². The van der Waals surface area contributed by atoms with Crippen molar-refractivity contribution in [2.75, 3.05) is 19.6 Å². The van der Waals surface area contributed by atoms with Crippen molar-refractivity contribution in [3.8, 4) is 11.4 Å². The van der Waals surface area contributed by atoms with Crippen LogP contribution in [0.15, 0.2) is 47.5 Å². The quantitative estimate of drug-likeness (QED) is 0.527. The standard InChI is InChI=1S/C25H34N6O2/c1-25(2,3)21-7-5-19(6-8-21)23-28-22(33-29-23)17-30-14-9-20(10-15-30)24(32)27-11-4-13-31-16-12-26-18-31/h5-8,12,16,18,20H,4,9-11,13-15,17H2,1-3H3,(H,27,32). The van der Waals surface area contributed by atoms with E-state index >= 15 is 0 Å². The largest absolute Gasteiger partial charge is 0.356 e. The highest BCUT2D eigenvalue weighted by Gasteiger charge is 2.26. The van der Waals surface area contributed by atoms with Crippen LogP contribution in [0.5, 0.6) is 0 Å². The Labute approximate surface area is 195 Å². The molecular formula is C25H34N6O2. The first-order chi connectivity index (χ1) is 15.9. The Bertz CT molecular complexity index is 1010. The summed E-state index contributed by atoms with van der Waals surface area (Å²) in [6.45, 7) is 10.5. The number of imidazole rings is 1. The first kappa shape index (κ1) is 23.2. The molecule has 33 heavy (non-hydrogen) atoms. The minimum absolute atomic E-state index is 0.0778. The second kappa shape index (κ2) is 10.3. The smallest absolute Gasteiger partial charge is 0.241 e. The summed E-state index contributed by atoms with van der Waals surface area (Å²) in [5.41, 5.74) is 2.35. The molecule has 1 aliphatic rings. The molecule has 2 aromatic heterocycles. The number of benzene rings is 1. The summed E-state index contributed by atoms with van der Waals surface area (Å²) in [5.74, 6) is 1.48. The normalized spacial score (nSPS) is 15.6. The Morgan fingerprint density at radius 1 is 1.18 bits per heavy atom. The number of nitrogens with zero attached hydrogens (tertiary/aromatic N) is 5. The lowest BCUT2D eigenvalue weighted by molar-refractivity contribution is -0.126. The molecule has 8 heteroatoms. The van der Waals surface area contributed by atoms with Crippen LogP contribution in [0.4, 0.5) is 0 Å². The van der Waals surface area contributed by atoms with E-state index in [2.05, 4.69) is 70.4 Å². The molecule has 1 aromatic carbocycles. The molecule has 1 N–H and O–H groups in total. The lowest BCUT2D eigenvalue weighted by atomic mass is 9.87. The van der Waals surface area contributed by atoms with E-state index < -0.39 is 0 Å². The third-order valence-corrected chi connectivity index (χ3v) is 6.25. The predicted octanol–water partition coefficient (Wildman–Crippen LogP) is 3.65. The molecule has 0 unspecified atom stereocenters. The molecule has 0 atom stereocenters. The summed E-state index contributed by atoms with van der Waals surface area (Å²) in [5, 5.41) is 7.25. The summed E-state index contributed by atoms with van der Waals surface area (Å²) in [6, 6.07) is 8.35. The monoisotopic (exact) mass is 450 g/mol. The van der Waals surface area contributed by atoms with E-state index in [1.165, 1.54) is 5.56 Å². The van der Waals surface area contributed by atoms with Crippen LogP contribution in [0.25, 0.3) is 11.4 Å². The van der Waals surface area contributed by atoms with Crippen molar-refractivity contribution in [3.63, 3.8) is 0 Å². The summed E-state index contributed by atoms with van der Waals surface area (Å²) in [4.78, 5) is 23.4. The number of carbonyl (C=O) groups is 1. The Balaban J connectivity index is 1.20. The first-order valence-corrected chi connectivity index (χ1v) is 11.8. The Morgan fingerprint density at radius 3 is 2.61 bits per heavy atom. The van der Waals surface area contributed by atoms with E-state index in [1.807, 2.05) is 10.8 Å². The van der Waals surface area contributed by atoms with Crippen molar-refractivity contribution < 1.29 is 9.32 Å². The van der Waals surface area contributed by atoms with Gasteiger partial charge in [-0.05, 0) is 43.3 Å². The number of likely N-dealkylation sites (tertiary alicyclic amines) is 1. The fourth-order valence-electron chi connectivity index (χ4n) is 4.14. The van der Waals surface area contributed by atoms with Gasteiger partial charge >= 0.3 is 0 Å². The Hall–Kier alpha value is -3.00. The van der Waals surface area contributed by atoms with Gasteiger partial charge in [-0.3, -0.25) is 9.69 Å². The first-order valence-electron chi connectivity index (χ1n) is 11.8. The van der Waals surface area contributed by atoms with E-state index in [0.29, 0.717) is 24.8 Å². The second-order valence-corrected chi connectivity index (χ2v) is 9.83. The number of carbonyl (C=O) groups excluding carboxylic acids is 1. The maximum Gasteiger partial charge on any atom is 0.241 e. The average Bonchev–Trinajstić information content (AvgIpc) is 3.49. The maximum absolute atomic E-state index is 12.5. The van der Waals surface area contributed by atoms with Gasteiger partial charge in [0.15, 0.2) is 0 Å². The van der Waals surface area contributed by atoms with Crippen LogP contribution in [0, 0.1) is 5.92 Å². The number of aromatic nitrogens is 4. The van der Waals surface area contributed by atoms with E-state index in [1.54, 1.807) is 12.5 Å². The number of hydrogen-bond donors (Lipinski definition) is 1. The van der Waals surface area contributed by atoms with Crippen molar-refractivity contribution in [2.24, 2.45) is 5.92 Å². The fourth-order valence-corrected chi connectivity index (χ4v) is 4.14. The molecular weight excluding hydrogens is 416 g/mol. The van der Waals surface area contributed by atoms with Crippen molar-refractivity contribution in [1.29, 1.82) is 0 Å². The van der Waals surface area contributed by atoms with Crippen LogP contribution in [-0.2, 0) is 23.3 Å². The zero-order valence-electron chi connectivity index (χ0n) is 19.8. The topological polar surface area (TPSA) is 89.1 Å². The molecule has 1 fully saturated rings. The molecule has 4 rings (SSSR count). The van der Waals surface area contributed by atoms with Crippen LogP contribution in [0.1, 0.15) is 51.5 Å². The Morgan fingerprint density at radius 2 is 1.94 bits per heavy atom. The number of hydrogen-bond acceptors (Lipinski definition) is 6. The van der Waals surface area contributed by atoms with Gasteiger partial charge in [0.05, 0.1) is 12.9 Å². The van der Waals surface area contributed by atoms with Crippen LogP contribution >= 0.6 is 0 Å². The predicted molar refractivity (Wildman–Crippen MR) is 126 cm³/mol. The summed E-state index contributed by atoms with van der Waals surface area (Å²) in [7, 11) is 0. The van der Waals surface area contributed by atoms with Gasteiger partial charge in [-0.1, -0.05) is 50.2 Å². The molecule has 0 aliphatic carbocycles. The fraction of sp³-hybridized carbons (Fsp3) is 0.520. The van der Waals surface area contributed by atoms with E-state index in [9.17, 15) is 4.79 Å². The van der Waals surface area contributed by atoms with Crippen LogP contribution in [0.3, 0.4) is 0 Å². The Kier molecular flexibility index (Phi) is 7.23. The minimum atomic E-state index is 0.0778. The van der Waals surface area contributed by atoms with Crippen LogP contribution in [-0.4, -0.2) is 50.1 Å². The third kappa shape index (κ3) is 6.28. The number of rotatable bonds is 8. The molecule has 8 nitrogen and oxygen atoms in total. The van der Waals surface area contributed by atoms with Gasteiger partial charge in [-0.25, -0.2) is 4.98 Å². The molecule has 0 radical (unpaired) electrons. The lowest BCUT2D eigenvalue weighted by Gasteiger charge is -2.30. The van der Waals surface area contributed by atoms with Crippen molar-refractivity contribution in [2.45, 2.75) is 58.5 Å². The van der Waals surface area contributed by atoms with Crippen molar-refractivity contribution >= 4 is 5.91 Å². The average molecular weight is 451 g/mol. The number of piperidine rings is 1. The van der Waals surface area contributed by atoms with E-state index in [-0.39, 0.29) is 17.2 Å². The minimum Gasteiger partial charge on any atom is -0.356 e. The highest BCUT2D eigenvalue weighted by molar-refractivity contribution is 5.78. The maximum atomic E-state index is 12.5. The SMILES string of the molecule is CC(C)(C)c1ccc(-c2noc(CN3CCC(C(=O)NCCCn4ccnc4)CC3)n2)cc1. The second-order valence-electron chi connectivity index (χ2n) is 9.83. The van der Waals surface area contributed by atoms with Crippen LogP contribution < -0.4 is 5.32 Å². The molecule has 0 spiro atoms. The summed E-state index contributed by atoms with van der Waals surface area (Å²) >= 11 is 0. The van der Waals surface area contributed by atoms with E-state index in [4.69, 9.17) is 4.52 Å². The van der Waals surface area contributed by atoms with Crippen molar-refractivity contribution in [1.82, 2.24) is 29.9 Å². The van der Waals surface area contributed by atoms with Gasteiger partial charge in [-0.2, -0.15) is 4.98 Å². The summed E-state index contributed by atoms with van der Waals surface area (Å²) < 4.78 is 7.52. The molecule has 3 aromatic rings. The van der Waals surface area contributed by atoms with Gasteiger partial charge in [0.25, 0.3) is 0 Å².